The van der Waals surface area contributed by atoms with Crippen molar-refractivity contribution in [3.8, 4) is 11.5 Å². The van der Waals surface area contributed by atoms with Crippen molar-refractivity contribution < 1.29 is 23.8 Å². The summed E-state index contributed by atoms with van der Waals surface area (Å²) in [6.07, 6.45) is 1.78. The minimum Gasteiger partial charge on any atom is -0.486 e. The Balaban J connectivity index is 1.87. The van der Waals surface area contributed by atoms with Crippen LogP contribution in [0.15, 0.2) is 17.1 Å². The Bertz CT molecular complexity index is 894. The van der Waals surface area contributed by atoms with E-state index in [0.717, 1.165) is 23.1 Å². The van der Waals surface area contributed by atoms with E-state index >= 15 is 0 Å². The highest BCUT2D eigenvalue weighted by Crippen LogP contribution is 2.36. The van der Waals surface area contributed by atoms with Gasteiger partial charge in [-0.1, -0.05) is 11.3 Å². The van der Waals surface area contributed by atoms with E-state index in [0.29, 0.717) is 29.5 Å². The topological polar surface area (TPSA) is 79.1 Å². The van der Waals surface area contributed by atoms with E-state index in [-0.39, 0.29) is 18.4 Å². The number of methoxy groups -OCH3 is 1. The summed E-state index contributed by atoms with van der Waals surface area (Å²) in [5.41, 5.74) is 0.775. The summed E-state index contributed by atoms with van der Waals surface area (Å²) in [7, 11) is 1.34. The van der Waals surface area contributed by atoms with Crippen LogP contribution in [0.25, 0.3) is 10.2 Å². The molecule has 1 saturated carbocycles. The molecule has 24 heavy (non-hydrogen) atoms. The number of esters is 1. The van der Waals surface area contributed by atoms with Crippen molar-refractivity contribution in [1.29, 1.82) is 0 Å². The molecule has 2 heterocycles. The van der Waals surface area contributed by atoms with E-state index in [9.17, 15) is 9.59 Å². The Labute approximate surface area is 141 Å². The fourth-order valence-electron chi connectivity index (χ4n) is 2.55. The highest BCUT2D eigenvalue weighted by atomic mass is 32.1. The highest BCUT2D eigenvalue weighted by Gasteiger charge is 2.29. The molecule has 0 N–H and O–H groups in total. The molecule has 126 valence electrons. The minimum absolute atomic E-state index is 0.00702. The normalized spacial score (nSPS) is 17.1. The molecule has 1 aromatic carbocycles. The first kappa shape index (κ1) is 15.2. The number of benzene rings is 1. The van der Waals surface area contributed by atoms with Crippen molar-refractivity contribution in [3.63, 3.8) is 0 Å². The summed E-state index contributed by atoms with van der Waals surface area (Å²) in [5, 5.41) is 0. The molecule has 1 aliphatic carbocycles. The Morgan fingerprint density at radius 3 is 2.67 bits per heavy atom. The van der Waals surface area contributed by atoms with Gasteiger partial charge in [0.25, 0.3) is 5.91 Å². The molecule has 4 rings (SSSR count). The second kappa shape index (κ2) is 5.94. The van der Waals surface area contributed by atoms with Gasteiger partial charge in [-0.3, -0.25) is 9.59 Å². The van der Waals surface area contributed by atoms with Gasteiger partial charge >= 0.3 is 5.97 Å². The van der Waals surface area contributed by atoms with Crippen molar-refractivity contribution >= 4 is 33.4 Å². The van der Waals surface area contributed by atoms with Crippen LogP contribution >= 0.6 is 11.3 Å². The van der Waals surface area contributed by atoms with E-state index in [1.807, 2.05) is 12.1 Å². The van der Waals surface area contributed by atoms with Crippen LogP contribution in [0.2, 0.25) is 0 Å². The third kappa shape index (κ3) is 2.77. The number of nitrogens with zero attached hydrogens (tertiary/aromatic N) is 2. The maximum Gasteiger partial charge on any atom is 0.325 e. The summed E-state index contributed by atoms with van der Waals surface area (Å²) < 4.78 is 18.6. The molecule has 1 amide bonds. The molecule has 7 nitrogen and oxygen atoms in total. The summed E-state index contributed by atoms with van der Waals surface area (Å²) in [5.74, 6) is 0.800. The van der Waals surface area contributed by atoms with Gasteiger partial charge in [0.15, 0.2) is 16.3 Å². The van der Waals surface area contributed by atoms with Crippen LogP contribution in [0.4, 0.5) is 0 Å². The predicted molar refractivity (Wildman–Crippen MR) is 86.1 cm³/mol. The van der Waals surface area contributed by atoms with Crippen molar-refractivity contribution in [3.05, 3.63) is 16.9 Å². The molecule has 2 aromatic rings. The van der Waals surface area contributed by atoms with Crippen molar-refractivity contribution in [2.24, 2.45) is 10.9 Å². The van der Waals surface area contributed by atoms with Gasteiger partial charge < -0.3 is 18.8 Å². The average molecular weight is 348 g/mol. The van der Waals surface area contributed by atoms with Crippen LogP contribution in [-0.4, -0.2) is 36.8 Å². The summed E-state index contributed by atoms with van der Waals surface area (Å²) in [6.45, 7) is 0.980. The zero-order valence-electron chi connectivity index (χ0n) is 13.1. The van der Waals surface area contributed by atoms with Gasteiger partial charge in [0.2, 0.25) is 0 Å². The first-order valence-corrected chi connectivity index (χ1v) is 8.56. The molecule has 2 aliphatic rings. The van der Waals surface area contributed by atoms with Gasteiger partial charge in [0.1, 0.15) is 19.8 Å². The average Bonchev–Trinajstić information content (AvgIpc) is 3.39. The first-order valence-electron chi connectivity index (χ1n) is 7.74. The number of thiazole rings is 1. The number of fused-ring (bicyclic) bond motifs is 2. The first-order chi connectivity index (χ1) is 11.7. The fourth-order valence-corrected chi connectivity index (χ4v) is 3.60. The zero-order valence-corrected chi connectivity index (χ0v) is 13.9. The maximum absolute atomic E-state index is 12.1. The molecule has 8 heteroatoms. The van der Waals surface area contributed by atoms with Crippen LogP contribution in [0.5, 0.6) is 11.5 Å². The van der Waals surface area contributed by atoms with Crippen LogP contribution in [0, 0.1) is 5.92 Å². The summed E-state index contributed by atoms with van der Waals surface area (Å²) >= 11 is 1.35. The molecule has 0 saturated heterocycles. The lowest BCUT2D eigenvalue weighted by atomic mass is 10.2. The highest BCUT2D eigenvalue weighted by molar-refractivity contribution is 7.16. The van der Waals surface area contributed by atoms with Gasteiger partial charge in [-0.2, -0.15) is 4.99 Å². The lowest BCUT2D eigenvalue weighted by Gasteiger charge is -2.18. The number of amides is 1. The van der Waals surface area contributed by atoms with Gasteiger partial charge in [-0.25, -0.2) is 0 Å². The van der Waals surface area contributed by atoms with Crippen LogP contribution in [-0.2, 0) is 20.9 Å². The molecule has 0 atom stereocenters. The van der Waals surface area contributed by atoms with E-state index in [4.69, 9.17) is 14.2 Å². The van der Waals surface area contributed by atoms with Crippen LogP contribution in [0.3, 0.4) is 0 Å². The monoisotopic (exact) mass is 348 g/mol. The zero-order chi connectivity index (χ0) is 16.7. The molecular weight excluding hydrogens is 332 g/mol. The van der Waals surface area contributed by atoms with E-state index in [1.54, 1.807) is 4.57 Å². The molecule has 0 unspecified atom stereocenters. The Hall–Kier alpha value is -2.35. The van der Waals surface area contributed by atoms with E-state index in [2.05, 4.69) is 4.99 Å². The lowest BCUT2D eigenvalue weighted by Crippen LogP contribution is -2.22. The number of rotatable bonds is 3. The number of carbonyl (C=O) groups excluding carboxylic acids is 2. The second-order valence-corrected chi connectivity index (χ2v) is 6.74. The van der Waals surface area contributed by atoms with Gasteiger partial charge in [0.05, 0.1) is 17.3 Å². The molecule has 0 radical (unpaired) electrons. The van der Waals surface area contributed by atoms with Gasteiger partial charge in [0, 0.05) is 18.1 Å². The standard InChI is InChI=1S/C16H16N2O5S/c1-21-14(19)8-18-10-6-11-12(23-5-4-22-11)7-13(10)24-16(18)17-15(20)9-2-3-9/h6-7,9H,2-5,8H2,1H3. The number of hydrogen-bond acceptors (Lipinski definition) is 6. The van der Waals surface area contributed by atoms with Crippen molar-refractivity contribution in [2.45, 2.75) is 19.4 Å². The lowest BCUT2D eigenvalue weighted by molar-refractivity contribution is -0.141. The smallest absolute Gasteiger partial charge is 0.325 e. The maximum atomic E-state index is 12.1. The third-order valence-electron chi connectivity index (χ3n) is 3.99. The number of carbonyl (C=O) groups is 2. The van der Waals surface area contributed by atoms with E-state index in [1.165, 1.54) is 18.4 Å². The van der Waals surface area contributed by atoms with Crippen molar-refractivity contribution in [1.82, 2.24) is 4.57 Å². The molecule has 0 spiro atoms. The number of hydrogen-bond donors (Lipinski definition) is 0. The largest absolute Gasteiger partial charge is 0.486 e. The van der Waals surface area contributed by atoms with Crippen LogP contribution in [0.1, 0.15) is 12.8 Å². The van der Waals surface area contributed by atoms with E-state index < -0.39 is 5.97 Å². The number of aromatic nitrogens is 1. The number of ether oxygens (including phenoxy) is 3. The van der Waals surface area contributed by atoms with Crippen molar-refractivity contribution in [2.75, 3.05) is 20.3 Å². The molecule has 0 bridgehead atoms. The quantitative estimate of drug-likeness (QED) is 0.785. The Morgan fingerprint density at radius 1 is 1.29 bits per heavy atom. The minimum atomic E-state index is -0.398. The van der Waals surface area contributed by atoms with Gasteiger partial charge in [-0.05, 0) is 12.8 Å². The predicted octanol–water partition coefficient (Wildman–Crippen LogP) is 1.48. The summed E-state index contributed by atoms with van der Waals surface area (Å²) in [6, 6.07) is 3.69. The van der Waals surface area contributed by atoms with Gasteiger partial charge in [-0.15, -0.1) is 0 Å². The summed E-state index contributed by atoms with van der Waals surface area (Å²) in [4.78, 5) is 28.6. The Kier molecular flexibility index (Phi) is 3.76. The second-order valence-electron chi connectivity index (χ2n) is 5.73. The molecule has 1 aliphatic heterocycles. The fraction of sp³-hybridized carbons (Fsp3) is 0.438. The Morgan fingerprint density at radius 2 is 2.00 bits per heavy atom. The van der Waals surface area contributed by atoms with Crippen LogP contribution < -0.4 is 14.3 Å². The third-order valence-corrected chi connectivity index (χ3v) is 5.04. The SMILES string of the molecule is COC(=O)Cn1c(=NC(=O)C2CC2)sc2cc3c(cc21)OCCO3. The molecule has 1 aromatic heterocycles. The molecular formula is C16H16N2O5S. The molecule has 1 fully saturated rings.